The number of benzene rings is 2. The second-order valence-corrected chi connectivity index (χ2v) is 7.61. The molecule has 6 heteroatoms. The van der Waals surface area contributed by atoms with Gasteiger partial charge >= 0.3 is 0 Å². The van der Waals surface area contributed by atoms with E-state index in [1.54, 1.807) is 18.2 Å². The van der Waals surface area contributed by atoms with Crippen molar-refractivity contribution in [1.29, 1.82) is 0 Å². The Hall–Kier alpha value is -3.22. The van der Waals surface area contributed by atoms with Crippen molar-refractivity contribution in [3.8, 4) is 0 Å². The maximum absolute atomic E-state index is 12.9. The van der Waals surface area contributed by atoms with Gasteiger partial charge in [-0.15, -0.1) is 0 Å². The minimum Gasteiger partial charge on any atom is -0.348 e. The van der Waals surface area contributed by atoms with E-state index < -0.39 is 0 Å². The van der Waals surface area contributed by atoms with Crippen molar-refractivity contribution < 1.29 is 9.59 Å². The summed E-state index contributed by atoms with van der Waals surface area (Å²) in [6.45, 7) is 17.8. The highest BCUT2D eigenvalue weighted by atomic mass is 16.2. The predicted octanol–water partition coefficient (Wildman–Crippen LogP) is 4.08. The standard InChI is InChI=1S/C25H30N4O2.C2H6/c1-4-19-7-6-8-20(22(19)5-2)16-27-25(31)23-15-21(10-9-18(23)3)28-24(30)17-29-13-11-26-12-14-29;1-2/h4-10,15,26H,1-2,11-14,16-17H2,3H3,(H,27,31)(H,28,30);1-2H3. The Bertz CT molecular complexity index is 978. The minimum atomic E-state index is -0.185. The Balaban J connectivity index is 0.00000187. The minimum absolute atomic E-state index is 0.0750. The molecular formula is C27H36N4O2. The van der Waals surface area contributed by atoms with E-state index in [0.29, 0.717) is 24.3 Å². The molecule has 1 saturated heterocycles. The summed E-state index contributed by atoms with van der Waals surface area (Å²) in [5, 5.41) is 9.17. The number of aryl methyl sites for hydroxylation is 1. The molecule has 1 heterocycles. The van der Waals surface area contributed by atoms with Crippen molar-refractivity contribution in [3.05, 3.63) is 77.4 Å². The summed E-state index contributed by atoms with van der Waals surface area (Å²) in [6.07, 6.45) is 3.55. The third-order valence-corrected chi connectivity index (χ3v) is 5.44. The van der Waals surface area contributed by atoms with E-state index in [1.165, 1.54) is 0 Å². The lowest BCUT2D eigenvalue weighted by Crippen LogP contribution is -2.46. The number of nitrogens with one attached hydrogen (secondary N) is 3. The Morgan fingerprint density at radius 2 is 1.82 bits per heavy atom. The van der Waals surface area contributed by atoms with E-state index in [-0.39, 0.29) is 11.8 Å². The number of hydrogen-bond donors (Lipinski definition) is 3. The zero-order valence-electron chi connectivity index (χ0n) is 20.0. The van der Waals surface area contributed by atoms with Gasteiger partial charge in [-0.3, -0.25) is 14.5 Å². The topological polar surface area (TPSA) is 73.5 Å². The molecule has 0 atom stereocenters. The molecule has 1 fully saturated rings. The van der Waals surface area contributed by atoms with Crippen LogP contribution < -0.4 is 16.0 Å². The molecule has 6 nitrogen and oxygen atoms in total. The van der Waals surface area contributed by atoms with Gasteiger partial charge in [0.25, 0.3) is 5.91 Å². The van der Waals surface area contributed by atoms with E-state index in [9.17, 15) is 9.59 Å². The molecule has 3 rings (SSSR count). The predicted molar refractivity (Wildman–Crippen MR) is 138 cm³/mol. The van der Waals surface area contributed by atoms with Crippen LogP contribution in [-0.4, -0.2) is 49.4 Å². The lowest BCUT2D eigenvalue weighted by molar-refractivity contribution is -0.117. The smallest absolute Gasteiger partial charge is 0.251 e. The molecule has 1 aliphatic rings. The van der Waals surface area contributed by atoms with Crippen molar-refractivity contribution in [3.63, 3.8) is 0 Å². The molecule has 0 aliphatic carbocycles. The van der Waals surface area contributed by atoms with Crippen LogP contribution in [-0.2, 0) is 11.3 Å². The normalized spacial score (nSPS) is 13.3. The fourth-order valence-electron chi connectivity index (χ4n) is 3.70. The first-order valence-electron chi connectivity index (χ1n) is 11.5. The molecule has 0 aromatic heterocycles. The summed E-state index contributed by atoms with van der Waals surface area (Å²) in [6, 6.07) is 11.3. The third kappa shape index (κ3) is 7.41. The van der Waals surface area contributed by atoms with Crippen molar-refractivity contribution in [2.75, 3.05) is 38.0 Å². The molecule has 1 aliphatic heterocycles. The molecule has 0 unspecified atom stereocenters. The van der Waals surface area contributed by atoms with Gasteiger partial charge in [0, 0.05) is 44.0 Å². The van der Waals surface area contributed by atoms with Crippen molar-refractivity contribution in [2.24, 2.45) is 0 Å². The Morgan fingerprint density at radius 3 is 2.48 bits per heavy atom. The van der Waals surface area contributed by atoms with Crippen LogP contribution >= 0.6 is 0 Å². The molecule has 0 bridgehead atoms. The maximum Gasteiger partial charge on any atom is 0.251 e. The van der Waals surface area contributed by atoms with Crippen LogP contribution in [0.15, 0.2) is 49.6 Å². The molecule has 2 aromatic rings. The molecule has 0 spiro atoms. The van der Waals surface area contributed by atoms with Crippen molar-refractivity contribution in [1.82, 2.24) is 15.5 Å². The van der Waals surface area contributed by atoms with Gasteiger partial charge in [-0.25, -0.2) is 0 Å². The van der Waals surface area contributed by atoms with E-state index in [4.69, 9.17) is 0 Å². The van der Waals surface area contributed by atoms with Crippen molar-refractivity contribution in [2.45, 2.75) is 27.3 Å². The number of hydrogen-bond acceptors (Lipinski definition) is 4. The first kappa shape index (κ1) is 26.0. The fraction of sp³-hybridized carbons (Fsp3) is 0.333. The summed E-state index contributed by atoms with van der Waals surface area (Å²) < 4.78 is 0. The first-order valence-corrected chi connectivity index (χ1v) is 11.5. The Labute approximate surface area is 197 Å². The Kier molecular flexibility index (Phi) is 10.5. The molecular weight excluding hydrogens is 412 g/mol. The van der Waals surface area contributed by atoms with E-state index >= 15 is 0 Å². The van der Waals surface area contributed by atoms with Gasteiger partial charge in [0.2, 0.25) is 5.91 Å². The van der Waals surface area contributed by atoms with Crippen LogP contribution in [0.2, 0.25) is 0 Å². The molecule has 176 valence electrons. The number of rotatable bonds is 8. The number of carbonyl (C=O) groups excluding carboxylic acids is 2. The number of carbonyl (C=O) groups is 2. The Morgan fingerprint density at radius 1 is 1.09 bits per heavy atom. The largest absolute Gasteiger partial charge is 0.348 e. The summed E-state index contributed by atoms with van der Waals surface area (Å²) in [5.41, 5.74) is 4.92. The summed E-state index contributed by atoms with van der Waals surface area (Å²) in [5.74, 6) is -0.260. The van der Waals surface area contributed by atoms with Gasteiger partial charge in [0.1, 0.15) is 0 Å². The van der Waals surface area contributed by atoms with Crippen LogP contribution in [0, 0.1) is 6.92 Å². The average molecular weight is 449 g/mol. The SMILES string of the molecule is C=Cc1cccc(CNC(=O)c2cc(NC(=O)CN3CCNCC3)ccc2C)c1C=C.CC. The number of amides is 2. The molecule has 3 N–H and O–H groups in total. The van der Waals surface area contributed by atoms with E-state index in [0.717, 1.165) is 48.4 Å². The highest BCUT2D eigenvalue weighted by molar-refractivity contribution is 5.98. The molecule has 0 saturated carbocycles. The second kappa shape index (κ2) is 13.4. The van der Waals surface area contributed by atoms with Gasteiger partial charge < -0.3 is 16.0 Å². The van der Waals surface area contributed by atoms with E-state index in [2.05, 4.69) is 34.0 Å². The summed E-state index contributed by atoms with van der Waals surface area (Å²) in [7, 11) is 0. The lowest BCUT2D eigenvalue weighted by Gasteiger charge is -2.26. The van der Waals surface area contributed by atoms with Crippen LogP contribution in [0.5, 0.6) is 0 Å². The first-order chi connectivity index (χ1) is 16.0. The average Bonchev–Trinajstić information content (AvgIpc) is 2.85. The van der Waals surface area contributed by atoms with Gasteiger partial charge in [0.15, 0.2) is 0 Å². The number of piperazine rings is 1. The lowest BCUT2D eigenvalue weighted by atomic mass is 10.0. The monoisotopic (exact) mass is 448 g/mol. The van der Waals surface area contributed by atoms with Crippen LogP contribution in [0.3, 0.4) is 0 Å². The van der Waals surface area contributed by atoms with Gasteiger partial charge in [-0.2, -0.15) is 0 Å². The zero-order valence-corrected chi connectivity index (χ0v) is 20.0. The molecule has 2 aromatic carbocycles. The van der Waals surface area contributed by atoms with E-state index in [1.807, 2.05) is 51.1 Å². The second-order valence-electron chi connectivity index (χ2n) is 7.61. The quantitative estimate of drug-likeness (QED) is 0.569. The number of nitrogens with zero attached hydrogens (tertiary/aromatic N) is 1. The molecule has 33 heavy (non-hydrogen) atoms. The molecule has 0 radical (unpaired) electrons. The number of anilines is 1. The van der Waals surface area contributed by atoms with Crippen LogP contribution in [0.4, 0.5) is 5.69 Å². The highest BCUT2D eigenvalue weighted by Gasteiger charge is 2.15. The summed E-state index contributed by atoms with van der Waals surface area (Å²) >= 11 is 0. The van der Waals surface area contributed by atoms with Crippen LogP contribution in [0.1, 0.15) is 46.5 Å². The highest BCUT2D eigenvalue weighted by Crippen LogP contribution is 2.19. The van der Waals surface area contributed by atoms with Crippen LogP contribution in [0.25, 0.3) is 12.2 Å². The van der Waals surface area contributed by atoms with Gasteiger partial charge in [0.05, 0.1) is 6.54 Å². The third-order valence-electron chi connectivity index (χ3n) is 5.44. The molecule has 2 amide bonds. The summed E-state index contributed by atoms with van der Waals surface area (Å²) in [4.78, 5) is 27.4. The van der Waals surface area contributed by atoms with Gasteiger partial charge in [-0.05, 0) is 41.3 Å². The zero-order chi connectivity index (χ0) is 24.2. The van der Waals surface area contributed by atoms with Gasteiger partial charge in [-0.1, -0.05) is 63.4 Å². The maximum atomic E-state index is 12.9. The van der Waals surface area contributed by atoms with Crippen molar-refractivity contribution >= 4 is 29.7 Å². The fourth-order valence-corrected chi connectivity index (χ4v) is 3.70.